The normalized spacial score (nSPS) is 13.6. The van der Waals surface area contributed by atoms with Gasteiger partial charge in [0.25, 0.3) is 0 Å². The van der Waals surface area contributed by atoms with Crippen LogP contribution in [-0.2, 0) is 4.79 Å². The molecule has 3 nitrogen and oxygen atoms in total. The van der Waals surface area contributed by atoms with Crippen molar-refractivity contribution in [3.63, 3.8) is 0 Å². The van der Waals surface area contributed by atoms with Crippen LogP contribution in [0.2, 0.25) is 10.0 Å². The summed E-state index contributed by atoms with van der Waals surface area (Å²) in [4.78, 5) is 12.5. The first-order valence-electron chi connectivity index (χ1n) is 7.95. The molecule has 2 atom stereocenters. The van der Waals surface area contributed by atoms with E-state index in [9.17, 15) is 4.79 Å². The second-order valence-corrected chi connectivity index (χ2v) is 6.98. The van der Waals surface area contributed by atoms with Crippen LogP contribution in [0.25, 0.3) is 0 Å². The number of anilines is 1. The van der Waals surface area contributed by atoms with Crippen molar-refractivity contribution in [1.82, 2.24) is 5.32 Å². The molecular weight excluding hydrogens is 343 g/mol. The first kappa shape index (κ1) is 18.8. The molecule has 0 aliphatic heterocycles. The lowest BCUT2D eigenvalue weighted by atomic mass is 9.95. The second-order valence-electron chi connectivity index (χ2n) is 6.13. The third-order valence-corrected chi connectivity index (χ3v) is 4.39. The Labute approximate surface area is 153 Å². The molecule has 0 saturated heterocycles. The van der Waals surface area contributed by atoms with Gasteiger partial charge in [0.2, 0.25) is 5.91 Å². The molecule has 0 radical (unpaired) electrons. The van der Waals surface area contributed by atoms with Gasteiger partial charge in [0, 0.05) is 11.1 Å². The van der Waals surface area contributed by atoms with Crippen LogP contribution in [0.15, 0.2) is 48.5 Å². The Morgan fingerprint density at radius 3 is 2.25 bits per heavy atom. The molecule has 0 aromatic heterocycles. The van der Waals surface area contributed by atoms with Gasteiger partial charge < -0.3 is 5.32 Å². The maximum absolute atomic E-state index is 12.5. The van der Waals surface area contributed by atoms with E-state index in [0.29, 0.717) is 21.7 Å². The summed E-state index contributed by atoms with van der Waals surface area (Å²) in [5.41, 5.74) is 1.72. The minimum atomic E-state index is -0.371. The molecule has 2 N–H and O–H groups in total. The van der Waals surface area contributed by atoms with Gasteiger partial charge in [-0.15, -0.1) is 0 Å². The van der Waals surface area contributed by atoms with Crippen LogP contribution >= 0.6 is 23.2 Å². The molecule has 0 aliphatic rings. The number of nitrogens with one attached hydrogen (secondary N) is 2. The van der Waals surface area contributed by atoms with Crippen LogP contribution in [0.4, 0.5) is 5.69 Å². The standard InChI is InChI=1S/C19H22Cl2N2O/c1-12(2)18(14-7-5-4-6-8-14)22-13(3)19(24)23-17-10-9-15(20)11-16(17)21/h4-13,18,22H,1-3H3,(H,23,24)/t13-,18-/m1/s1. The zero-order valence-electron chi connectivity index (χ0n) is 14.0. The molecule has 0 fully saturated rings. The van der Waals surface area contributed by atoms with Crippen LogP contribution in [0.5, 0.6) is 0 Å². The van der Waals surface area contributed by atoms with Crippen molar-refractivity contribution in [1.29, 1.82) is 0 Å². The topological polar surface area (TPSA) is 41.1 Å². The molecule has 24 heavy (non-hydrogen) atoms. The average Bonchev–Trinajstić information content (AvgIpc) is 2.55. The van der Waals surface area contributed by atoms with E-state index in [0.717, 1.165) is 5.56 Å². The fraction of sp³-hybridized carbons (Fsp3) is 0.316. The van der Waals surface area contributed by atoms with E-state index >= 15 is 0 Å². The Kier molecular flexibility index (Phi) is 6.67. The predicted octanol–water partition coefficient (Wildman–Crippen LogP) is 5.31. The van der Waals surface area contributed by atoms with Gasteiger partial charge in [-0.2, -0.15) is 0 Å². The first-order chi connectivity index (χ1) is 11.4. The zero-order chi connectivity index (χ0) is 17.7. The molecule has 0 unspecified atom stereocenters. The van der Waals surface area contributed by atoms with Crippen LogP contribution in [0.1, 0.15) is 32.4 Å². The number of halogens is 2. The summed E-state index contributed by atoms with van der Waals surface area (Å²) >= 11 is 12.0. The molecular formula is C19H22Cl2N2O. The third-order valence-electron chi connectivity index (χ3n) is 3.84. The second kappa shape index (κ2) is 8.52. The number of hydrogen-bond donors (Lipinski definition) is 2. The van der Waals surface area contributed by atoms with Crippen LogP contribution in [-0.4, -0.2) is 11.9 Å². The molecule has 0 heterocycles. The Bertz CT molecular complexity index is 689. The van der Waals surface area contributed by atoms with E-state index in [4.69, 9.17) is 23.2 Å². The average molecular weight is 365 g/mol. The summed E-state index contributed by atoms with van der Waals surface area (Å²) < 4.78 is 0. The van der Waals surface area contributed by atoms with E-state index in [1.165, 1.54) is 0 Å². The van der Waals surface area contributed by atoms with Crippen molar-refractivity contribution in [3.8, 4) is 0 Å². The minimum Gasteiger partial charge on any atom is -0.323 e. The molecule has 1 amide bonds. The Morgan fingerprint density at radius 2 is 1.67 bits per heavy atom. The highest BCUT2D eigenvalue weighted by molar-refractivity contribution is 6.36. The summed E-state index contributed by atoms with van der Waals surface area (Å²) in [6, 6.07) is 14.9. The molecule has 0 bridgehead atoms. The number of hydrogen-bond acceptors (Lipinski definition) is 2. The SMILES string of the molecule is CC(C)[C@@H](N[C@H](C)C(=O)Nc1ccc(Cl)cc1Cl)c1ccccc1. The predicted molar refractivity (Wildman–Crippen MR) is 102 cm³/mol. The van der Waals surface area contributed by atoms with Gasteiger partial charge >= 0.3 is 0 Å². The Balaban J connectivity index is 2.06. The van der Waals surface area contributed by atoms with E-state index in [1.807, 2.05) is 25.1 Å². The lowest BCUT2D eigenvalue weighted by Crippen LogP contribution is -2.41. The molecule has 0 saturated carbocycles. The van der Waals surface area contributed by atoms with Gasteiger partial charge in [0.05, 0.1) is 16.8 Å². The summed E-state index contributed by atoms with van der Waals surface area (Å²) in [6.45, 7) is 6.11. The fourth-order valence-corrected chi connectivity index (χ4v) is 2.97. The summed E-state index contributed by atoms with van der Waals surface area (Å²) in [5.74, 6) is 0.211. The largest absolute Gasteiger partial charge is 0.323 e. The first-order valence-corrected chi connectivity index (χ1v) is 8.71. The molecule has 2 rings (SSSR count). The monoisotopic (exact) mass is 364 g/mol. The number of carbonyl (C=O) groups is 1. The quantitative estimate of drug-likeness (QED) is 0.729. The van der Waals surface area contributed by atoms with Crippen LogP contribution < -0.4 is 10.6 Å². The highest BCUT2D eigenvalue weighted by Crippen LogP contribution is 2.26. The summed E-state index contributed by atoms with van der Waals surface area (Å²) in [5, 5.41) is 7.20. The minimum absolute atomic E-state index is 0.0904. The van der Waals surface area contributed by atoms with E-state index in [-0.39, 0.29) is 18.0 Å². The van der Waals surface area contributed by atoms with Gasteiger partial charge in [-0.1, -0.05) is 67.4 Å². The van der Waals surface area contributed by atoms with E-state index in [2.05, 4.69) is 36.6 Å². The number of amides is 1. The molecule has 128 valence electrons. The smallest absolute Gasteiger partial charge is 0.241 e. The fourth-order valence-electron chi connectivity index (χ4n) is 2.51. The van der Waals surface area contributed by atoms with Gasteiger partial charge in [-0.3, -0.25) is 10.1 Å². The number of rotatable bonds is 6. The van der Waals surface area contributed by atoms with E-state index in [1.54, 1.807) is 18.2 Å². The van der Waals surface area contributed by atoms with Gasteiger partial charge in [-0.05, 0) is 36.6 Å². The van der Waals surface area contributed by atoms with Crippen LogP contribution in [0, 0.1) is 5.92 Å². The summed E-state index contributed by atoms with van der Waals surface area (Å²) in [6.07, 6.45) is 0. The lowest BCUT2D eigenvalue weighted by molar-refractivity contribution is -0.118. The van der Waals surface area contributed by atoms with Crippen LogP contribution in [0.3, 0.4) is 0 Å². The van der Waals surface area contributed by atoms with Crippen molar-refractivity contribution in [2.45, 2.75) is 32.9 Å². The lowest BCUT2D eigenvalue weighted by Gasteiger charge is -2.26. The molecule has 0 aliphatic carbocycles. The summed E-state index contributed by atoms with van der Waals surface area (Å²) in [7, 11) is 0. The Morgan fingerprint density at radius 1 is 1.00 bits per heavy atom. The number of carbonyl (C=O) groups excluding carboxylic acids is 1. The van der Waals surface area contributed by atoms with Crippen molar-refractivity contribution >= 4 is 34.8 Å². The maximum atomic E-state index is 12.5. The number of benzene rings is 2. The highest BCUT2D eigenvalue weighted by atomic mass is 35.5. The third kappa shape index (κ3) is 4.97. The van der Waals surface area contributed by atoms with Crippen molar-refractivity contribution in [3.05, 3.63) is 64.1 Å². The molecule has 2 aromatic rings. The van der Waals surface area contributed by atoms with Gasteiger partial charge in [0.1, 0.15) is 0 Å². The van der Waals surface area contributed by atoms with Gasteiger partial charge in [-0.25, -0.2) is 0 Å². The van der Waals surface area contributed by atoms with Gasteiger partial charge in [0.15, 0.2) is 0 Å². The van der Waals surface area contributed by atoms with E-state index < -0.39 is 0 Å². The Hall–Kier alpha value is -1.55. The van der Waals surface area contributed by atoms with Crippen molar-refractivity contribution < 1.29 is 4.79 Å². The van der Waals surface area contributed by atoms with Crippen molar-refractivity contribution in [2.75, 3.05) is 5.32 Å². The zero-order valence-corrected chi connectivity index (χ0v) is 15.5. The maximum Gasteiger partial charge on any atom is 0.241 e. The van der Waals surface area contributed by atoms with Crippen molar-refractivity contribution in [2.24, 2.45) is 5.92 Å². The molecule has 5 heteroatoms. The molecule has 0 spiro atoms. The highest BCUT2D eigenvalue weighted by Gasteiger charge is 2.22. The molecule has 2 aromatic carbocycles.